The number of hydrogen-bond acceptors (Lipinski definition) is 1. The fourth-order valence-corrected chi connectivity index (χ4v) is 2.48. The number of benzene rings is 2. The number of hydrogen-bond donors (Lipinski definition) is 1. The normalized spacial score (nSPS) is 10.4. The van der Waals surface area contributed by atoms with Crippen molar-refractivity contribution in [1.29, 1.82) is 0 Å². The van der Waals surface area contributed by atoms with Gasteiger partial charge in [-0.3, -0.25) is 4.79 Å². The topological polar surface area (TPSA) is 29.1 Å². The highest BCUT2D eigenvalue weighted by Crippen LogP contribution is 2.26. The number of rotatable bonds is 3. The zero-order valence-corrected chi connectivity index (χ0v) is 13.1. The van der Waals surface area contributed by atoms with Gasteiger partial charge in [-0.25, -0.2) is 0 Å². The number of nitrogens with one attached hydrogen (secondary N) is 1. The molecule has 1 N–H and O–H groups in total. The summed E-state index contributed by atoms with van der Waals surface area (Å²) in [6.07, 6.45) is 0. The molecule has 0 saturated heterocycles. The quantitative estimate of drug-likeness (QED) is 0.808. The van der Waals surface area contributed by atoms with Gasteiger partial charge in [-0.15, -0.1) is 0 Å². The van der Waals surface area contributed by atoms with Crippen molar-refractivity contribution in [2.75, 3.05) is 0 Å². The molecule has 2 rings (SSSR count). The van der Waals surface area contributed by atoms with Crippen LogP contribution in [0.3, 0.4) is 0 Å². The summed E-state index contributed by atoms with van der Waals surface area (Å²) in [7, 11) is 0. The molecule has 0 aliphatic carbocycles. The van der Waals surface area contributed by atoms with Crippen LogP contribution in [0, 0.1) is 0 Å². The number of carbonyl (C=O) groups excluding carboxylic acids is 1. The third-order valence-electron chi connectivity index (χ3n) is 2.65. The van der Waals surface area contributed by atoms with Gasteiger partial charge in [0, 0.05) is 16.6 Å². The predicted molar refractivity (Wildman–Crippen MR) is 84.1 cm³/mol. The van der Waals surface area contributed by atoms with Crippen LogP contribution in [0.5, 0.6) is 0 Å². The van der Waals surface area contributed by atoms with Crippen molar-refractivity contribution in [3.8, 4) is 0 Å². The van der Waals surface area contributed by atoms with E-state index in [-0.39, 0.29) is 17.5 Å². The molecule has 0 atom stereocenters. The monoisotopic (exact) mass is 347 g/mol. The van der Waals surface area contributed by atoms with Crippen molar-refractivity contribution in [3.05, 3.63) is 67.6 Å². The van der Waals surface area contributed by atoms with E-state index in [0.717, 1.165) is 5.56 Å². The maximum Gasteiger partial charge on any atom is 0.253 e. The van der Waals surface area contributed by atoms with Crippen LogP contribution in [0.15, 0.2) is 36.4 Å². The fourth-order valence-electron chi connectivity index (χ4n) is 1.61. The second-order valence-electron chi connectivity index (χ2n) is 4.02. The zero-order valence-electron chi connectivity index (χ0n) is 10.1. The lowest BCUT2D eigenvalue weighted by Gasteiger charge is -2.09. The molecule has 0 aliphatic heterocycles. The van der Waals surface area contributed by atoms with Gasteiger partial charge in [-0.05, 0) is 29.8 Å². The van der Waals surface area contributed by atoms with E-state index in [1.807, 2.05) is 0 Å². The van der Waals surface area contributed by atoms with Crippen LogP contribution in [0.2, 0.25) is 20.1 Å². The lowest BCUT2D eigenvalue weighted by Crippen LogP contribution is -2.23. The smallest absolute Gasteiger partial charge is 0.253 e. The Morgan fingerprint density at radius 3 is 2.45 bits per heavy atom. The first-order chi connectivity index (χ1) is 9.49. The van der Waals surface area contributed by atoms with Crippen LogP contribution in [0.1, 0.15) is 15.9 Å². The van der Waals surface area contributed by atoms with E-state index in [2.05, 4.69) is 5.32 Å². The summed E-state index contributed by atoms with van der Waals surface area (Å²) in [5.74, 6) is -0.316. The van der Waals surface area contributed by atoms with Crippen LogP contribution in [-0.4, -0.2) is 5.91 Å². The van der Waals surface area contributed by atoms with Crippen LogP contribution in [0.4, 0.5) is 0 Å². The Kier molecular flexibility index (Phi) is 5.17. The molecule has 0 bridgehead atoms. The van der Waals surface area contributed by atoms with E-state index in [1.165, 1.54) is 0 Å². The van der Waals surface area contributed by atoms with Gasteiger partial charge >= 0.3 is 0 Å². The SMILES string of the molecule is O=C(NCc1ccc(Cl)cc1Cl)c1cccc(Cl)c1Cl. The van der Waals surface area contributed by atoms with Crippen LogP contribution < -0.4 is 5.32 Å². The summed E-state index contributed by atoms with van der Waals surface area (Å²) in [5.41, 5.74) is 1.09. The minimum atomic E-state index is -0.316. The van der Waals surface area contributed by atoms with Crippen molar-refractivity contribution in [2.45, 2.75) is 6.54 Å². The molecule has 6 heteroatoms. The molecule has 104 valence electrons. The molecule has 2 aromatic rings. The molecule has 0 spiro atoms. The van der Waals surface area contributed by atoms with Crippen LogP contribution >= 0.6 is 46.4 Å². The Morgan fingerprint density at radius 2 is 1.75 bits per heavy atom. The maximum absolute atomic E-state index is 12.0. The van der Waals surface area contributed by atoms with Gasteiger partial charge in [-0.1, -0.05) is 58.5 Å². The van der Waals surface area contributed by atoms with Gasteiger partial charge in [0.15, 0.2) is 0 Å². The Bertz CT molecular complexity index is 658. The summed E-state index contributed by atoms with van der Waals surface area (Å²) in [6, 6.07) is 9.98. The second-order valence-corrected chi connectivity index (χ2v) is 5.65. The number of amides is 1. The number of carbonyl (C=O) groups is 1. The summed E-state index contributed by atoms with van der Waals surface area (Å²) < 4.78 is 0. The van der Waals surface area contributed by atoms with Crippen molar-refractivity contribution < 1.29 is 4.79 Å². The molecule has 2 aromatic carbocycles. The number of halogens is 4. The van der Waals surface area contributed by atoms with E-state index in [1.54, 1.807) is 36.4 Å². The summed E-state index contributed by atoms with van der Waals surface area (Å²) in [6.45, 7) is 0.275. The summed E-state index contributed by atoms with van der Waals surface area (Å²) >= 11 is 23.7. The third-order valence-corrected chi connectivity index (χ3v) is 4.06. The van der Waals surface area contributed by atoms with Gasteiger partial charge in [-0.2, -0.15) is 0 Å². The Balaban J connectivity index is 2.11. The second kappa shape index (κ2) is 6.68. The molecule has 0 radical (unpaired) electrons. The molecule has 0 unspecified atom stereocenters. The van der Waals surface area contributed by atoms with Crippen molar-refractivity contribution in [3.63, 3.8) is 0 Å². The Labute approximate surface area is 136 Å². The van der Waals surface area contributed by atoms with Gasteiger partial charge in [0.2, 0.25) is 0 Å². The van der Waals surface area contributed by atoms with Gasteiger partial charge in [0.1, 0.15) is 0 Å². The summed E-state index contributed by atoms with van der Waals surface area (Å²) in [5, 5.41) is 4.34. The molecular formula is C14H9Cl4NO. The highest BCUT2D eigenvalue weighted by molar-refractivity contribution is 6.43. The maximum atomic E-state index is 12.0. The van der Waals surface area contributed by atoms with E-state index < -0.39 is 0 Å². The van der Waals surface area contributed by atoms with E-state index in [9.17, 15) is 4.79 Å². The minimum absolute atomic E-state index is 0.230. The average Bonchev–Trinajstić information content (AvgIpc) is 2.40. The first-order valence-corrected chi connectivity index (χ1v) is 7.16. The fraction of sp³-hybridized carbons (Fsp3) is 0.0714. The van der Waals surface area contributed by atoms with E-state index in [4.69, 9.17) is 46.4 Å². The lowest BCUT2D eigenvalue weighted by atomic mass is 10.2. The molecule has 0 aromatic heterocycles. The lowest BCUT2D eigenvalue weighted by molar-refractivity contribution is 0.0951. The average molecular weight is 349 g/mol. The molecule has 0 heterocycles. The Hall–Kier alpha value is -0.930. The molecule has 1 amide bonds. The van der Waals surface area contributed by atoms with Gasteiger partial charge < -0.3 is 5.32 Å². The molecule has 0 aliphatic rings. The van der Waals surface area contributed by atoms with Crippen molar-refractivity contribution in [1.82, 2.24) is 5.32 Å². The summed E-state index contributed by atoms with van der Waals surface area (Å²) in [4.78, 5) is 12.0. The van der Waals surface area contributed by atoms with Crippen LogP contribution in [-0.2, 0) is 6.54 Å². The molecule has 0 fully saturated rings. The van der Waals surface area contributed by atoms with Crippen molar-refractivity contribution >= 4 is 52.3 Å². The highest BCUT2D eigenvalue weighted by atomic mass is 35.5. The molecule has 2 nitrogen and oxygen atoms in total. The van der Waals surface area contributed by atoms with Gasteiger partial charge in [0.05, 0.1) is 15.6 Å². The first-order valence-electron chi connectivity index (χ1n) is 5.65. The van der Waals surface area contributed by atoms with Gasteiger partial charge in [0.25, 0.3) is 5.91 Å². The van der Waals surface area contributed by atoms with Crippen molar-refractivity contribution in [2.24, 2.45) is 0 Å². The third kappa shape index (κ3) is 3.58. The van der Waals surface area contributed by atoms with Crippen LogP contribution in [0.25, 0.3) is 0 Å². The largest absolute Gasteiger partial charge is 0.348 e. The van der Waals surface area contributed by atoms with E-state index in [0.29, 0.717) is 20.6 Å². The zero-order chi connectivity index (χ0) is 14.7. The van der Waals surface area contributed by atoms with E-state index >= 15 is 0 Å². The Morgan fingerprint density at radius 1 is 1.00 bits per heavy atom. The molecule has 20 heavy (non-hydrogen) atoms. The standard InChI is InChI=1S/C14H9Cl4NO/c15-9-5-4-8(12(17)6-9)7-19-14(20)10-2-1-3-11(16)13(10)18/h1-6H,7H2,(H,19,20). The predicted octanol–water partition coefficient (Wildman–Crippen LogP) is 5.23. The first kappa shape index (κ1) is 15.5. The minimum Gasteiger partial charge on any atom is -0.348 e. The molecule has 0 saturated carbocycles. The highest BCUT2D eigenvalue weighted by Gasteiger charge is 2.12. The molecular weight excluding hydrogens is 340 g/mol.